The minimum Gasteiger partial charge on any atom is -0.0683 e. The SMILES string of the molecule is CC.CC.CCCC(C)C1CCC2C3CCC(C)C(C)(CCC)C3CCC12C. The first-order valence-electron chi connectivity index (χ1n) is 13.4. The average Bonchev–Trinajstić information content (AvgIpc) is 3.06. The second-order valence-corrected chi connectivity index (χ2v) is 10.6. The molecule has 0 nitrogen and oxygen atoms in total. The lowest BCUT2D eigenvalue weighted by Gasteiger charge is -2.59. The molecule has 0 aliphatic heterocycles. The Morgan fingerprint density at radius 1 is 0.821 bits per heavy atom. The van der Waals surface area contributed by atoms with Gasteiger partial charge in [-0.1, -0.05) is 88.5 Å². The van der Waals surface area contributed by atoms with Gasteiger partial charge in [0.1, 0.15) is 0 Å². The average molecular weight is 393 g/mol. The van der Waals surface area contributed by atoms with Gasteiger partial charge in [-0.15, -0.1) is 0 Å². The van der Waals surface area contributed by atoms with Crippen LogP contribution in [-0.2, 0) is 0 Å². The molecule has 0 radical (unpaired) electrons. The van der Waals surface area contributed by atoms with E-state index in [0.29, 0.717) is 10.8 Å². The van der Waals surface area contributed by atoms with Crippen LogP contribution in [0.2, 0.25) is 0 Å². The molecule has 0 heteroatoms. The van der Waals surface area contributed by atoms with Crippen LogP contribution in [0, 0.1) is 46.3 Å². The van der Waals surface area contributed by atoms with Gasteiger partial charge in [0.25, 0.3) is 0 Å². The summed E-state index contributed by atoms with van der Waals surface area (Å²) in [7, 11) is 0. The van der Waals surface area contributed by atoms with E-state index in [1.54, 1.807) is 12.8 Å². The molecule has 28 heavy (non-hydrogen) atoms. The number of fused-ring (bicyclic) bond motifs is 3. The van der Waals surface area contributed by atoms with Crippen LogP contribution in [0.15, 0.2) is 0 Å². The highest BCUT2D eigenvalue weighted by Crippen LogP contribution is 2.67. The monoisotopic (exact) mass is 392 g/mol. The van der Waals surface area contributed by atoms with Crippen molar-refractivity contribution in [3.05, 3.63) is 0 Å². The molecule has 0 amide bonds. The molecule has 0 heterocycles. The summed E-state index contributed by atoms with van der Waals surface area (Å²) in [4.78, 5) is 0. The van der Waals surface area contributed by atoms with Crippen LogP contribution in [0.5, 0.6) is 0 Å². The largest absolute Gasteiger partial charge is 0.0683 e. The van der Waals surface area contributed by atoms with E-state index in [1.807, 2.05) is 27.7 Å². The molecule has 3 fully saturated rings. The molecule has 3 aliphatic rings. The van der Waals surface area contributed by atoms with Crippen molar-refractivity contribution in [1.82, 2.24) is 0 Å². The van der Waals surface area contributed by atoms with Crippen LogP contribution in [0.3, 0.4) is 0 Å². The highest BCUT2D eigenvalue weighted by atomic mass is 14.6. The van der Waals surface area contributed by atoms with E-state index in [4.69, 9.17) is 0 Å². The Bertz CT molecular complexity index is 426. The van der Waals surface area contributed by atoms with E-state index in [1.165, 1.54) is 51.4 Å². The molecule has 8 atom stereocenters. The van der Waals surface area contributed by atoms with Crippen LogP contribution in [0.25, 0.3) is 0 Å². The fraction of sp³-hybridized carbons (Fsp3) is 1.00. The first-order valence-corrected chi connectivity index (χ1v) is 13.4. The van der Waals surface area contributed by atoms with Gasteiger partial charge in [-0.25, -0.2) is 0 Å². The van der Waals surface area contributed by atoms with Gasteiger partial charge in [0.2, 0.25) is 0 Å². The Morgan fingerprint density at radius 3 is 2.04 bits per heavy atom. The Kier molecular flexibility index (Phi) is 10.6. The Hall–Kier alpha value is 0. The summed E-state index contributed by atoms with van der Waals surface area (Å²) in [5, 5.41) is 0. The van der Waals surface area contributed by atoms with Crippen molar-refractivity contribution in [3.63, 3.8) is 0 Å². The third-order valence-corrected chi connectivity index (χ3v) is 9.64. The molecule has 3 saturated carbocycles. The zero-order valence-electron chi connectivity index (χ0n) is 21.5. The molecular weight excluding hydrogens is 336 g/mol. The van der Waals surface area contributed by atoms with E-state index in [2.05, 4.69) is 41.5 Å². The highest BCUT2D eigenvalue weighted by Gasteiger charge is 2.59. The molecule has 168 valence electrons. The van der Waals surface area contributed by atoms with Crippen LogP contribution in [-0.4, -0.2) is 0 Å². The lowest BCUT2D eigenvalue weighted by molar-refractivity contribution is -0.0999. The molecule has 3 aliphatic carbocycles. The van der Waals surface area contributed by atoms with E-state index >= 15 is 0 Å². The maximum atomic E-state index is 2.72. The number of hydrogen-bond acceptors (Lipinski definition) is 0. The van der Waals surface area contributed by atoms with E-state index in [-0.39, 0.29) is 0 Å². The summed E-state index contributed by atoms with van der Waals surface area (Å²) >= 11 is 0. The fourth-order valence-corrected chi connectivity index (χ4v) is 8.25. The van der Waals surface area contributed by atoms with Crippen LogP contribution >= 0.6 is 0 Å². The number of rotatable bonds is 5. The van der Waals surface area contributed by atoms with Gasteiger partial charge in [-0.05, 0) is 91.3 Å². The van der Waals surface area contributed by atoms with Gasteiger partial charge < -0.3 is 0 Å². The van der Waals surface area contributed by atoms with Crippen molar-refractivity contribution < 1.29 is 0 Å². The minimum absolute atomic E-state index is 0.631. The van der Waals surface area contributed by atoms with Crippen LogP contribution in [0.1, 0.15) is 133 Å². The second kappa shape index (κ2) is 11.4. The standard InChI is InChI=1S/C24H44.2C2H6/c1-7-9-17(3)20-12-13-21-19-11-10-18(4)23(5,15-8-2)22(19)14-16-24(20,21)6;2*1-2/h17-22H,7-16H2,1-6H3;2*1-2H3. The van der Waals surface area contributed by atoms with Gasteiger partial charge in [-0.3, -0.25) is 0 Å². The third kappa shape index (κ3) is 4.67. The Labute approximate surface area is 180 Å². The van der Waals surface area contributed by atoms with Gasteiger partial charge in [0.15, 0.2) is 0 Å². The van der Waals surface area contributed by atoms with Crippen LogP contribution in [0.4, 0.5) is 0 Å². The van der Waals surface area contributed by atoms with E-state index in [0.717, 1.165) is 35.5 Å². The highest BCUT2D eigenvalue weighted by molar-refractivity contribution is 5.08. The van der Waals surface area contributed by atoms with E-state index in [9.17, 15) is 0 Å². The number of hydrogen-bond donors (Lipinski definition) is 0. The zero-order chi connectivity index (χ0) is 21.5. The Balaban J connectivity index is 0.000000921. The van der Waals surface area contributed by atoms with Gasteiger partial charge in [0.05, 0.1) is 0 Å². The summed E-state index contributed by atoms with van der Waals surface area (Å²) in [6.45, 7) is 23.3. The second-order valence-electron chi connectivity index (χ2n) is 10.6. The van der Waals surface area contributed by atoms with Crippen molar-refractivity contribution in [2.75, 3.05) is 0 Å². The van der Waals surface area contributed by atoms with Crippen molar-refractivity contribution >= 4 is 0 Å². The minimum atomic E-state index is 0.631. The maximum Gasteiger partial charge on any atom is -0.0264 e. The summed E-state index contributed by atoms with van der Waals surface area (Å²) in [5.74, 6) is 6.03. The summed E-state index contributed by atoms with van der Waals surface area (Å²) in [6, 6.07) is 0. The maximum absolute atomic E-state index is 2.72. The van der Waals surface area contributed by atoms with E-state index < -0.39 is 0 Å². The molecule has 8 unspecified atom stereocenters. The molecular formula is C28H56. The molecule has 0 aromatic rings. The lowest BCUT2D eigenvalue weighted by Crippen LogP contribution is -2.51. The fourth-order valence-electron chi connectivity index (χ4n) is 8.25. The molecule has 0 aromatic heterocycles. The van der Waals surface area contributed by atoms with Crippen LogP contribution < -0.4 is 0 Å². The molecule has 3 rings (SSSR count). The molecule has 0 spiro atoms. The predicted molar refractivity (Wildman–Crippen MR) is 129 cm³/mol. The smallest absolute Gasteiger partial charge is 0.0264 e. The van der Waals surface area contributed by atoms with Crippen molar-refractivity contribution in [2.24, 2.45) is 46.3 Å². The van der Waals surface area contributed by atoms with Crippen molar-refractivity contribution in [1.29, 1.82) is 0 Å². The summed E-state index contributed by atoms with van der Waals surface area (Å²) in [6.07, 6.45) is 14.9. The van der Waals surface area contributed by atoms with Crippen molar-refractivity contribution in [2.45, 2.75) is 133 Å². The predicted octanol–water partition coefficient (Wildman–Crippen LogP) is 9.77. The lowest BCUT2D eigenvalue weighted by atomic mass is 9.46. The van der Waals surface area contributed by atoms with Gasteiger partial charge >= 0.3 is 0 Å². The normalized spacial score (nSPS) is 42.9. The first-order chi connectivity index (χ1) is 13.4. The molecule has 0 aromatic carbocycles. The molecule has 0 bridgehead atoms. The summed E-state index contributed by atoms with van der Waals surface area (Å²) in [5.41, 5.74) is 1.30. The topological polar surface area (TPSA) is 0 Å². The van der Waals surface area contributed by atoms with Gasteiger partial charge in [0, 0.05) is 0 Å². The summed E-state index contributed by atoms with van der Waals surface area (Å²) < 4.78 is 0. The zero-order valence-corrected chi connectivity index (χ0v) is 21.5. The Morgan fingerprint density at radius 2 is 1.46 bits per heavy atom. The third-order valence-electron chi connectivity index (χ3n) is 9.64. The first kappa shape index (κ1) is 26.0. The van der Waals surface area contributed by atoms with Crippen molar-refractivity contribution in [3.8, 4) is 0 Å². The molecule has 0 saturated heterocycles. The molecule has 0 N–H and O–H groups in total. The quantitative estimate of drug-likeness (QED) is 0.436. The van der Waals surface area contributed by atoms with Gasteiger partial charge in [-0.2, -0.15) is 0 Å².